The smallest absolute Gasteiger partial charge is 0.227 e. The molecular formula is C20H18N10. The summed E-state index contributed by atoms with van der Waals surface area (Å²) in [6.45, 7) is 3.49. The fraction of sp³-hybridized carbons (Fsp3) is 0.200. The number of hydrogen-bond donors (Lipinski definition) is 1. The van der Waals surface area contributed by atoms with Gasteiger partial charge in [0.15, 0.2) is 5.82 Å². The molecule has 148 valence electrons. The first-order valence-electron chi connectivity index (χ1n) is 9.79. The molecule has 0 spiro atoms. The van der Waals surface area contributed by atoms with Crippen molar-refractivity contribution in [3.05, 3.63) is 55.0 Å². The molecule has 0 aliphatic carbocycles. The van der Waals surface area contributed by atoms with Crippen LogP contribution < -0.4 is 15.1 Å². The highest BCUT2D eigenvalue weighted by Gasteiger charge is 2.25. The van der Waals surface area contributed by atoms with Gasteiger partial charge in [0, 0.05) is 50.5 Å². The van der Waals surface area contributed by atoms with E-state index in [0.717, 1.165) is 43.1 Å². The Balaban J connectivity index is 1.31. The predicted molar refractivity (Wildman–Crippen MR) is 112 cm³/mol. The number of rotatable bonds is 2. The third-order valence-electron chi connectivity index (χ3n) is 5.46. The maximum Gasteiger partial charge on any atom is 0.227 e. The molecular weight excluding hydrogens is 380 g/mol. The Hall–Kier alpha value is -4.08. The second kappa shape index (κ2) is 6.76. The van der Waals surface area contributed by atoms with E-state index in [1.807, 2.05) is 48.8 Å². The average Bonchev–Trinajstić information content (AvgIpc) is 3.25. The van der Waals surface area contributed by atoms with E-state index in [4.69, 9.17) is 4.98 Å². The highest BCUT2D eigenvalue weighted by atomic mass is 15.5. The topological polar surface area (TPSA) is 101 Å². The van der Waals surface area contributed by atoms with Crippen molar-refractivity contribution in [1.82, 2.24) is 35.2 Å². The highest BCUT2D eigenvalue weighted by Crippen LogP contribution is 2.35. The van der Waals surface area contributed by atoms with Gasteiger partial charge in [-0.1, -0.05) is 12.1 Å². The van der Waals surface area contributed by atoms with Gasteiger partial charge in [-0.25, -0.2) is 4.98 Å². The molecule has 1 aromatic carbocycles. The highest BCUT2D eigenvalue weighted by molar-refractivity contribution is 5.81. The quantitative estimate of drug-likeness (QED) is 0.478. The molecule has 2 aliphatic rings. The Kier molecular flexibility index (Phi) is 3.79. The molecule has 6 rings (SSSR count). The van der Waals surface area contributed by atoms with Gasteiger partial charge in [0.25, 0.3) is 0 Å². The number of nitrogens with one attached hydrogen (secondary N) is 1. The van der Waals surface area contributed by atoms with Crippen molar-refractivity contribution in [2.24, 2.45) is 0 Å². The molecule has 10 heteroatoms. The zero-order valence-corrected chi connectivity index (χ0v) is 16.0. The van der Waals surface area contributed by atoms with E-state index >= 15 is 0 Å². The van der Waals surface area contributed by atoms with Gasteiger partial charge in [0.2, 0.25) is 5.95 Å². The molecule has 5 heterocycles. The van der Waals surface area contributed by atoms with Gasteiger partial charge in [-0.2, -0.15) is 9.67 Å². The molecule has 0 amide bonds. The van der Waals surface area contributed by atoms with E-state index in [9.17, 15) is 0 Å². The van der Waals surface area contributed by atoms with Crippen molar-refractivity contribution in [3.8, 4) is 17.1 Å². The summed E-state index contributed by atoms with van der Waals surface area (Å²) in [6.07, 6.45) is 5.46. The van der Waals surface area contributed by atoms with Crippen LogP contribution in [0.4, 0.5) is 23.1 Å². The SMILES string of the molecule is c1ccc2c(c1)Nc1nc(N3CCN(c4ccncc4)CC3)ncc1-c1nnnn1-2. The van der Waals surface area contributed by atoms with Gasteiger partial charge in [-0.3, -0.25) is 4.98 Å². The molecule has 4 aromatic rings. The lowest BCUT2D eigenvalue weighted by Gasteiger charge is -2.36. The van der Waals surface area contributed by atoms with Crippen LogP contribution in [0.15, 0.2) is 55.0 Å². The largest absolute Gasteiger partial charge is 0.368 e. The molecule has 0 unspecified atom stereocenters. The summed E-state index contributed by atoms with van der Waals surface area (Å²) >= 11 is 0. The van der Waals surface area contributed by atoms with Gasteiger partial charge < -0.3 is 15.1 Å². The van der Waals surface area contributed by atoms with E-state index in [2.05, 4.69) is 40.6 Å². The van der Waals surface area contributed by atoms with E-state index in [1.54, 1.807) is 10.9 Å². The van der Waals surface area contributed by atoms with Gasteiger partial charge >= 0.3 is 0 Å². The Labute approximate surface area is 172 Å². The van der Waals surface area contributed by atoms with Crippen LogP contribution in [0.1, 0.15) is 0 Å². The summed E-state index contributed by atoms with van der Waals surface area (Å²) in [5.74, 6) is 2.03. The number of nitrogens with zero attached hydrogens (tertiary/aromatic N) is 9. The number of hydrogen-bond acceptors (Lipinski definition) is 9. The van der Waals surface area contributed by atoms with Crippen LogP contribution in [0.5, 0.6) is 0 Å². The second-order valence-electron chi connectivity index (χ2n) is 7.17. The molecule has 0 atom stereocenters. The number of aromatic nitrogens is 7. The summed E-state index contributed by atoms with van der Waals surface area (Å²) in [6, 6.07) is 12.0. The van der Waals surface area contributed by atoms with Gasteiger partial charge in [-0.15, -0.1) is 5.10 Å². The summed E-state index contributed by atoms with van der Waals surface area (Å²) in [5, 5.41) is 15.6. The van der Waals surface area contributed by atoms with E-state index < -0.39 is 0 Å². The van der Waals surface area contributed by atoms with Crippen LogP contribution >= 0.6 is 0 Å². The zero-order valence-electron chi connectivity index (χ0n) is 16.0. The van der Waals surface area contributed by atoms with Crippen molar-refractivity contribution in [1.29, 1.82) is 0 Å². The zero-order chi connectivity index (χ0) is 19.9. The number of piperazine rings is 1. The Bertz CT molecular complexity index is 1200. The molecule has 1 saturated heterocycles. The Morgan fingerprint density at radius 2 is 1.70 bits per heavy atom. The molecule has 10 nitrogen and oxygen atoms in total. The first kappa shape index (κ1) is 16.8. The molecule has 1 N–H and O–H groups in total. The second-order valence-corrected chi connectivity index (χ2v) is 7.17. The fourth-order valence-electron chi connectivity index (χ4n) is 3.91. The monoisotopic (exact) mass is 398 g/mol. The minimum atomic E-state index is 0.622. The molecule has 3 aromatic heterocycles. The Morgan fingerprint density at radius 1 is 0.900 bits per heavy atom. The number of benzene rings is 1. The lowest BCUT2D eigenvalue weighted by Crippen LogP contribution is -2.47. The van der Waals surface area contributed by atoms with Crippen LogP contribution in [-0.4, -0.2) is 61.3 Å². The van der Waals surface area contributed by atoms with Crippen LogP contribution in [0.2, 0.25) is 0 Å². The van der Waals surface area contributed by atoms with Crippen molar-refractivity contribution < 1.29 is 0 Å². The number of para-hydroxylation sites is 2. The minimum Gasteiger partial charge on any atom is -0.368 e. The average molecular weight is 398 g/mol. The lowest BCUT2D eigenvalue weighted by molar-refractivity contribution is 0.640. The Morgan fingerprint density at radius 3 is 2.57 bits per heavy atom. The van der Waals surface area contributed by atoms with Crippen molar-refractivity contribution >= 4 is 23.1 Å². The van der Waals surface area contributed by atoms with Crippen molar-refractivity contribution in [2.45, 2.75) is 0 Å². The maximum atomic E-state index is 4.84. The standard InChI is InChI=1S/C20H18N10/c1-2-4-17-16(3-1)23-18-15(19-25-26-27-30(17)19)13-22-20(24-18)29-11-9-28(10-12-29)14-5-7-21-8-6-14/h1-8,13H,9-12H2,(H,22,23,24). The van der Waals surface area contributed by atoms with Gasteiger partial charge in [0.05, 0.1) is 16.9 Å². The van der Waals surface area contributed by atoms with E-state index in [1.165, 1.54) is 5.69 Å². The molecule has 0 radical (unpaired) electrons. The molecule has 30 heavy (non-hydrogen) atoms. The summed E-state index contributed by atoms with van der Waals surface area (Å²) < 4.78 is 1.71. The molecule has 1 fully saturated rings. The van der Waals surface area contributed by atoms with Crippen LogP contribution in [0.25, 0.3) is 17.1 Å². The van der Waals surface area contributed by atoms with Gasteiger partial charge in [-0.05, 0) is 34.7 Å². The van der Waals surface area contributed by atoms with Gasteiger partial charge in [0.1, 0.15) is 5.82 Å². The third kappa shape index (κ3) is 2.72. The first-order chi connectivity index (χ1) is 14.9. The first-order valence-corrected chi connectivity index (χ1v) is 9.79. The normalized spacial score (nSPS) is 14.9. The summed E-state index contributed by atoms with van der Waals surface area (Å²) in [4.78, 5) is 18.1. The van der Waals surface area contributed by atoms with E-state index in [0.29, 0.717) is 17.6 Å². The number of anilines is 4. The lowest BCUT2D eigenvalue weighted by atomic mass is 10.2. The predicted octanol–water partition coefficient (Wildman–Crippen LogP) is 1.90. The van der Waals surface area contributed by atoms with E-state index in [-0.39, 0.29) is 0 Å². The minimum absolute atomic E-state index is 0.622. The molecule has 0 saturated carbocycles. The van der Waals surface area contributed by atoms with Crippen LogP contribution in [0.3, 0.4) is 0 Å². The van der Waals surface area contributed by atoms with Crippen molar-refractivity contribution in [3.63, 3.8) is 0 Å². The van der Waals surface area contributed by atoms with Crippen LogP contribution in [0, 0.1) is 0 Å². The van der Waals surface area contributed by atoms with Crippen molar-refractivity contribution in [2.75, 3.05) is 41.3 Å². The summed E-state index contributed by atoms with van der Waals surface area (Å²) in [7, 11) is 0. The number of tetrazole rings is 1. The number of fused-ring (bicyclic) bond motifs is 5. The molecule has 0 bridgehead atoms. The third-order valence-corrected chi connectivity index (χ3v) is 5.46. The number of pyridine rings is 1. The summed E-state index contributed by atoms with van der Waals surface area (Å²) in [5.41, 5.74) is 3.74. The fourth-order valence-corrected chi connectivity index (χ4v) is 3.91. The molecule has 2 aliphatic heterocycles. The maximum absolute atomic E-state index is 4.84. The van der Waals surface area contributed by atoms with Crippen LogP contribution in [-0.2, 0) is 0 Å².